The minimum atomic E-state index is 0.480. The highest BCUT2D eigenvalue weighted by molar-refractivity contribution is 5.78. The number of rotatable bonds is 6. The van der Waals surface area contributed by atoms with Gasteiger partial charge in [0.05, 0.1) is 29.3 Å². The number of hydrogen-bond donors (Lipinski definition) is 0. The zero-order valence-corrected chi connectivity index (χ0v) is 17.8. The Morgan fingerprint density at radius 1 is 0.967 bits per heavy atom. The van der Waals surface area contributed by atoms with Crippen LogP contribution in [0.15, 0.2) is 60.9 Å². The van der Waals surface area contributed by atoms with Gasteiger partial charge in [-0.25, -0.2) is 4.98 Å². The Morgan fingerprint density at radius 2 is 1.67 bits per heavy atom. The fourth-order valence-corrected chi connectivity index (χ4v) is 4.25. The molecule has 0 amide bonds. The van der Waals surface area contributed by atoms with Gasteiger partial charge in [-0.2, -0.15) is 5.26 Å². The van der Waals surface area contributed by atoms with Gasteiger partial charge in [0, 0.05) is 49.9 Å². The molecule has 154 valence electrons. The van der Waals surface area contributed by atoms with E-state index in [0.29, 0.717) is 11.6 Å². The van der Waals surface area contributed by atoms with E-state index in [0.717, 1.165) is 61.7 Å². The minimum absolute atomic E-state index is 0.480. The number of hydrogen-bond acceptors (Lipinski definition) is 4. The SMILES string of the molecule is CC[C@@H](Cn1cnc(-c2ccccc2)c1-c1ccc(C#N)cc1)N1CCN(C)CC1. The average Bonchev–Trinajstić information content (AvgIpc) is 3.22. The fourth-order valence-electron chi connectivity index (χ4n) is 4.25. The second-order valence-electron chi connectivity index (χ2n) is 8.05. The Balaban J connectivity index is 1.70. The molecule has 30 heavy (non-hydrogen) atoms. The molecular weight excluding hydrogens is 370 g/mol. The summed E-state index contributed by atoms with van der Waals surface area (Å²) in [5.74, 6) is 0. The van der Waals surface area contributed by atoms with Gasteiger partial charge in [-0.3, -0.25) is 4.90 Å². The van der Waals surface area contributed by atoms with Crippen molar-refractivity contribution in [3.8, 4) is 28.6 Å². The third-order valence-electron chi connectivity index (χ3n) is 6.11. The largest absolute Gasteiger partial charge is 0.328 e. The highest BCUT2D eigenvalue weighted by Gasteiger charge is 2.23. The molecule has 0 N–H and O–H groups in total. The number of imidazole rings is 1. The molecular formula is C25H29N5. The van der Waals surface area contributed by atoms with Crippen molar-refractivity contribution >= 4 is 0 Å². The molecule has 5 nitrogen and oxygen atoms in total. The van der Waals surface area contributed by atoms with Crippen LogP contribution in [0.2, 0.25) is 0 Å². The van der Waals surface area contributed by atoms with Crippen molar-refractivity contribution in [1.29, 1.82) is 5.26 Å². The predicted octanol–water partition coefficient (Wildman–Crippen LogP) is 4.11. The molecule has 1 fully saturated rings. The summed E-state index contributed by atoms with van der Waals surface area (Å²) < 4.78 is 2.30. The maximum Gasteiger partial charge on any atom is 0.0991 e. The monoisotopic (exact) mass is 399 g/mol. The highest BCUT2D eigenvalue weighted by atomic mass is 15.3. The van der Waals surface area contributed by atoms with Crippen molar-refractivity contribution in [2.75, 3.05) is 33.2 Å². The first kappa shape index (κ1) is 20.3. The van der Waals surface area contributed by atoms with Crippen LogP contribution in [0.25, 0.3) is 22.5 Å². The summed E-state index contributed by atoms with van der Waals surface area (Å²) in [6.07, 6.45) is 3.09. The van der Waals surface area contributed by atoms with Gasteiger partial charge in [0.1, 0.15) is 0 Å². The molecule has 1 aliphatic rings. The van der Waals surface area contributed by atoms with E-state index in [2.05, 4.69) is 58.7 Å². The van der Waals surface area contributed by atoms with Crippen molar-refractivity contribution in [3.63, 3.8) is 0 Å². The summed E-state index contributed by atoms with van der Waals surface area (Å²) >= 11 is 0. The van der Waals surface area contributed by atoms with E-state index in [9.17, 15) is 5.26 Å². The lowest BCUT2D eigenvalue weighted by atomic mass is 10.0. The highest BCUT2D eigenvalue weighted by Crippen LogP contribution is 2.32. The quantitative estimate of drug-likeness (QED) is 0.626. The zero-order valence-electron chi connectivity index (χ0n) is 17.8. The second-order valence-corrected chi connectivity index (χ2v) is 8.05. The minimum Gasteiger partial charge on any atom is -0.328 e. The van der Waals surface area contributed by atoms with Crippen molar-refractivity contribution in [2.24, 2.45) is 0 Å². The summed E-state index contributed by atoms with van der Waals surface area (Å²) in [7, 11) is 2.20. The van der Waals surface area contributed by atoms with E-state index < -0.39 is 0 Å². The predicted molar refractivity (Wildman–Crippen MR) is 121 cm³/mol. The second kappa shape index (κ2) is 9.25. The van der Waals surface area contributed by atoms with E-state index in [4.69, 9.17) is 4.98 Å². The summed E-state index contributed by atoms with van der Waals surface area (Å²) in [5.41, 5.74) is 5.00. The molecule has 0 unspecified atom stereocenters. The molecule has 1 aromatic heterocycles. The van der Waals surface area contributed by atoms with Crippen molar-refractivity contribution in [3.05, 3.63) is 66.5 Å². The first-order valence-corrected chi connectivity index (χ1v) is 10.7. The smallest absolute Gasteiger partial charge is 0.0991 e. The molecule has 0 bridgehead atoms. The van der Waals surface area contributed by atoms with E-state index >= 15 is 0 Å². The van der Waals surface area contributed by atoms with Crippen LogP contribution in [0, 0.1) is 11.3 Å². The molecule has 0 spiro atoms. The molecule has 5 heteroatoms. The normalized spacial score (nSPS) is 16.3. The summed E-state index contributed by atoms with van der Waals surface area (Å²) in [6.45, 7) is 7.66. The number of piperazine rings is 1. The molecule has 0 aliphatic carbocycles. The number of aromatic nitrogens is 2. The summed E-state index contributed by atoms with van der Waals surface area (Å²) in [4.78, 5) is 9.84. The van der Waals surface area contributed by atoms with Gasteiger partial charge in [0.2, 0.25) is 0 Å². The first-order valence-electron chi connectivity index (χ1n) is 10.7. The molecule has 0 saturated carbocycles. The first-order chi connectivity index (χ1) is 14.7. The number of benzene rings is 2. The van der Waals surface area contributed by atoms with Crippen molar-refractivity contribution < 1.29 is 0 Å². The molecule has 2 aromatic carbocycles. The van der Waals surface area contributed by atoms with E-state index in [1.807, 2.05) is 36.7 Å². The van der Waals surface area contributed by atoms with Gasteiger partial charge >= 0.3 is 0 Å². The van der Waals surface area contributed by atoms with Crippen LogP contribution in [-0.4, -0.2) is 58.6 Å². The maximum absolute atomic E-state index is 9.18. The Hall–Kier alpha value is -2.94. The van der Waals surface area contributed by atoms with E-state index in [1.165, 1.54) is 0 Å². The number of likely N-dealkylation sites (N-methyl/N-ethyl adjacent to an activating group) is 1. The lowest BCUT2D eigenvalue weighted by Crippen LogP contribution is -2.50. The molecule has 0 radical (unpaired) electrons. The molecule has 1 saturated heterocycles. The van der Waals surface area contributed by atoms with Gasteiger partial charge in [0.15, 0.2) is 0 Å². The summed E-state index contributed by atoms with van der Waals surface area (Å²) in [5, 5.41) is 9.18. The van der Waals surface area contributed by atoms with Gasteiger partial charge in [-0.05, 0) is 25.6 Å². The van der Waals surface area contributed by atoms with Crippen molar-refractivity contribution in [2.45, 2.75) is 25.9 Å². The maximum atomic E-state index is 9.18. The van der Waals surface area contributed by atoms with Crippen LogP contribution in [-0.2, 0) is 6.54 Å². The lowest BCUT2D eigenvalue weighted by molar-refractivity contribution is 0.100. The van der Waals surface area contributed by atoms with Crippen LogP contribution < -0.4 is 0 Å². The Bertz CT molecular complexity index is 992. The standard InChI is InChI=1S/C25H29N5/c1-3-23(29-15-13-28(2)14-16-29)18-30-19-27-24(21-7-5-4-6-8-21)25(30)22-11-9-20(17-26)10-12-22/h4-12,19,23H,3,13-16,18H2,1-2H3/t23-/m0/s1. The molecule has 2 heterocycles. The third-order valence-corrected chi connectivity index (χ3v) is 6.11. The van der Waals surface area contributed by atoms with Gasteiger partial charge in [-0.15, -0.1) is 0 Å². The van der Waals surface area contributed by atoms with Crippen LogP contribution >= 0.6 is 0 Å². The number of nitrogens with zero attached hydrogens (tertiary/aromatic N) is 5. The van der Waals surface area contributed by atoms with Gasteiger partial charge in [0.25, 0.3) is 0 Å². The molecule has 4 rings (SSSR count). The van der Waals surface area contributed by atoms with Gasteiger partial charge in [-0.1, -0.05) is 49.4 Å². The number of nitriles is 1. The lowest BCUT2D eigenvalue weighted by Gasteiger charge is -2.38. The van der Waals surface area contributed by atoms with Crippen LogP contribution in [0.1, 0.15) is 18.9 Å². The summed E-state index contributed by atoms with van der Waals surface area (Å²) in [6, 6.07) is 20.9. The topological polar surface area (TPSA) is 48.1 Å². The third kappa shape index (κ3) is 4.30. The Morgan fingerprint density at radius 3 is 2.30 bits per heavy atom. The molecule has 1 atom stereocenters. The van der Waals surface area contributed by atoms with E-state index in [1.54, 1.807) is 0 Å². The fraction of sp³-hybridized carbons (Fsp3) is 0.360. The molecule has 1 aliphatic heterocycles. The van der Waals surface area contributed by atoms with Crippen LogP contribution in [0.3, 0.4) is 0 Å². The zero-order chi connectivity index (χ0) is 20.9. The van der Waals surface area contributed by atoms with Crippen molar-refractivity contribution in [1.82, 2.24) is 19.4 Å². The van der Waals surface area contributed by atoms with Crippen LogP contribution in [0.5, 0.6) is 0 Å². The van der Waals surface area contributed by atoms with Crippen LogP contribution in [0.4, 0.5) is 0 Å². The Labute approximate surface area is 179 Å². The molecule has 3 aromatic rings. The van der Waals surface area contributed by atoms with E-state index in [-0.39, 0.29) is 0 Å². The average molecular weight is 400 g/mol. The van der Waals surface area contributed by atoms with Gasteiger partial charge < -0.3 is 9.47 Å². The Kier molecular flexibility index (Phi) is 6.27.